The van der Waals surface area contributed by atoms with Crippen molar-refractivity contribution >= 4 is 11.6 Å². The Morgan fingerprint density at radius 2 is 1.88 bits per heavy atom. The number of methoxy groups -OCH3 is 2. The summed E-state index contributed by atoms with van der Waals surface area (Å²) >= 11 is 0. The van der Waals surface area contributed by atoms with Crippen LogP contribution in [0.5, 0.6) is 11.5 Å². The molecule has 0 saturated carbocycles. The van der Waals surface area contributed by atoms with Gasteiger partial charge in [0, 0.05) is 18.7 Å². The molecule has 7 heteroatoms. The van der Waals surface area contributed by atoms with E-state index in [9.17, 15) is 4.79 Å². The minimum atomic E-state index is -0.403. The van der Waals surface area contributed by atoms with Crippen LogP contribution in [0.4, 0.5) is 5.69 Å². The second-order valence-electron chi connectivity index (χ2n) is 6.38. The quantitative estimate of drug-likeness (QED) is 0.794. The summed E-state index contributed by atoms with van der Waals surface area (Å²) in [7, 11) is 5.11. The molecular formula is C19H28N4O3. The summed E-state index contributed by atoms with van der Waals surface area (Å²) < 4.78 is 12.5. The van der Waals surface area contributed by atoms with Gasteiger partial charge in [-0.2, -0.15) is 5.10 Å². The molecule has 0 saturated heterocycles. The van der Waals surface area contributed by atoms with Gasteiger partial charge in [-0.05, 0) is 45.9 Å². The van der Waals surface area contributed by atoms with Gasteiger partial charge in [-0.25, -0.2) is 0 Å². The Morgan fingerprint density at radius 1 is 1.19 bits per heavy atom. The number of carbonyl (C=O) groups is 1. The van der Waals surface area contributed by atoms with Crippen LogP contribution in [0.15, 0.2) is 18.2 Å². The minimum absolute atomic E-state index is 0.100. The third kappa shape index (κ3) is 4.16. The highest BCUT2D eigenvalue weighted by Crippen LogP contribution is 2.29. The Hall–Kier alpha value is -2.54. The van der Waals surface area contributed by atoms with Crippen molar-refractivity contribution in [3.63, 3.8) is 0 Å². The zero-order valence-electron chi connectivity index (χ0n) is 16.5. The van der Waals surface area contributed by atoms with Gasteiger partial charge in [0.1, 0.15) is 11.5 Å². The molecule has 0 aliphatic rings. The zero-order valence-corrected chi connectivity index (χ0v) is 16.5. The topological polar surface area (TPSA) is 77.4 Å². The van der Waals surface area contributed by atoms with Crippen molar-refractivity contribution in [2.24, 2.45) is 7.05 Å². The molecular weight excluding hydrogens is 332 g/mol. The molecule has 1 amide bonds. The lowest BCUT2D eigenvalue weighted by molar-refractivity contribution is -0.118. The molecule has 2 rings (SSSR count). The molecule has 2 aromatic rings. The lowest BCUT2D eigenvalue weighted by Crippen LogP contribution is -2.39. The normalized spacial score (nSPS) is 13.2. The molecule has 0 radical (unpaired) electrons. The molecule has 0 spiro atoms. The van der Waals surface area contributed by atoms with Crippen LogP contribution in [-0.2, 0) is 11.8 Å². The number of hydrogen-bond acceptors (Lipinski definition) is 5. The first-order chi connectivity index (χ1) is 12.3. The molecule has 2 N–H and O–H groups in total. The van der Waals surface area contributed by atoms with Gasteiger partial charge in [0.05, 0.1) is 37.3 Å². The highest BCUT2D eigenvalue weighted by Gasteiger charge is 2.21. The predicted molar refractivity (Wildman–Crippen MR) is 102 cm³/mol. The molecule has 1 heterocycles. The van der Waals surface area contributed by atoms with E-state index >= 15 is 0 Å². The standard InChI is InChI=1S/C19H28N4O3/c1-11(16-10-15(25-6)8-9-17(16)26-7)20-13(3)19(24)21-18-12(2)22-23(5)14(18)4/h8-11,13,20H,1-7H3,(H,21,24). The predicted octanol–water partition coefficient (Wildman–Crippen LogP) is 2.73. The molecule has 0 aliphatic heterocycles. The van der Waals surface area contributed by atoms with Crippen molar-refractivity contribution in [2.75, 3.05) is 19.5 Å². The van der Waals surface area contributed by atoms with Crippen LogP contribution >= 0.6 is 0 Å². The monoisotopic (exact) mass is 360 g/mol. The van der Waals surface area contributed by atoms with Crippen LogP contribution in [-0.4, -0.2) is 35.9 Å². The van der Waals surface area contributed by atoms with E-state index in [0.717, 1.165) is 34.1 Å². The maximum Gasteiger partial charge on any atom is 0.241 e. The molecule has 1 aromatic carbocycles. The van der Waals surface area contributed by atoms with Crippen LogP contribution in [0.3, 0.4) is 0 Å². The van der Waals surface area contributed by atoms with Crippen LogP contribution in [0.2, 0.25) is 0 Å². The molecule has 0 fully saturated rings. The summed E-state index contributed by atoms with van der Waals surface area (Å²) in [5.74, 6) is 1.38. The number of nitrogens with one attached hydrogen (secondary N) is 2. The summed E-state index contributed by atoms with van der Waals surface area (Å²) in [5.41, 5.74) is 3.41. The highest BCUT2D eigenvalue weighted by atomic mass is 16.5. The summed E-state index contributed by atoms with van der Waals surface area (Å²) in [6, 6.07) is 5.12. The van der Waals surface area contributed by atoms with Gasteiger partial charge in [-0.1, -0.05) is 0 Å². The van der Waals surface area contributed by atoms with Gasteiger partial charge in [0.25, 0.3) is 0 Å². The lowest BCUT2D eigenvalue weighted by atomic mass is 10.1. The number of amides is 1. The highest BCUT2D eigenvalue weighted by molar-refractivity contribution is 5.95. The average Bonchev–Trinajstić information content (AvgIpc) is 2.86. The molecule has 0 bridgehead atoms. The first kappa shape index (κ1) is 19.8. The SMILES string of the molecule is COc1ccc(OC)c(C(C)NC(C)C(=O)Nc2c(C)nn(C)c2C)c1. The van der Waals surface area contributed by atoms with Gasteiger partial charge < -0.3 is 14.8 Å². The number of rotatable bonds is 7. The molecule has 26 heavy (non-hydrogen) atoms. The first-order valence-corrected chi connectivity index (χ1v) is 8.57. The summed E-state index contributed by atoms with van der Waals surface area (Å²) in [5, 5.41) is 10.6. The third-order valence-electron chi connectivity index (χ3n) is 4.55. The van der Waals surface area contributed by atoms with Crippen molar-refractivity contribution in [3.05, 3.63) is 35.2 Å². The molecule has 7 nitrogen and oxygen atoms in total. The number of ether oxygens (including phenoxy) is 2. The van der Waals surface area contributed by atoms with Crippen LogP contribution in [0, 0.1) is 13.8 Å². The van der Waals surface area contributed by atoms with Crippen LogP contribution in [0.1, 0.15) is 36.8 Å². The van der Waals surface area contributed by atoms with Gasteiger partial charge >= 0.3 is 0 Å². The van der Waals surface area contributed by atoms with Crippen LogP contribution < -0.4 is 20.1 Å². The van der Waals surface area contributed by atoms with Crippen molar-refractivity contribution < 1.29 is 14.3 Å². The fourth-order valence-electron chi connectivity index (χ4n) is 2.90. The number of nitrogens with zero attached hydrogens (tertiary/aromatic N) is 2. The lowest BCUT2D eigenvalue weighted by Gasteiger charge is -2.22. The number of benzene rings is 1. The smallest absolute Gasteiger partial charge is 0.241 e. The van der Waals surface area contributed by atoms with E-state index in [2.05, 4.69) is 15.7 Å². The minimum Gasteiger partial charge on any atom is -0.497 e. The largest absolute Gasteiger partial charge is 0.497 e. The number of carbonyl (C=O) groups excluding carboxylic acids is 1. The number of anilines is 1. The van der Waals surface area contributed by atoms with Gasteiger partial charge in [0.2, 0.25) is 5.91 Å². The average molecular weight is 360 g/mol. The van der Waals surface area contributed by atoms with E-state index in [1.165, 1.54) is 0 Å². The summed E-state index contributed by atoms with van der Waals surface area (Å²) in [6.45, 7) is 7.63. The Bertz CT molecular complexity index is 785. The molecule has 0 aliphatic carbocycles. The van der Waals surface area contributed by atoms with Crippen molar-refractivity contribution in [3.8, 4) is 11.5 Å². The van der Waals surface area contributed by atoms with Crippen molar-refractivity contribution in [1.29, 1.82) is 0 Å². The number of hydrogen-bond donors (Lipinski definition) is 2. The van der Waals surface area contributed by atoms with E-state index in [4.69, 9.17) is 9.47 Å². The second kappa shape index (κ2) is 8.23. The fraction of sp³-hybridized carbons (Fsp3) is 0.474. The Balaban J connectivity index is 2.11. The molecule has 2 unspecified atom stereocenters. The van der Waals surface area contributed by atoms with E-state index in [1.807, 2.05) is 52.9 Å². The number of aryl methyl sites for hydroxylation is 2. The van der Waals surface area contributed by atoms with E-state index in [0.29, 0.717) is 0 Å². The second-order valence-corrected chi connectivity index (χ2v) is 6.38. The maximum absolute atomic E-state index is 12.6. The van der Waals surface area contributed by atoms with Crippen molar-refractivity contribution in [1.82, 2.24) is 15.1 Å². The van der Waals surface area contributed by atoms with Gasteiger partial charge in [-0.15, -0.1) is 0 Å². The Morgan fingerprint density at radius 3 is 2.42 bits per heavy atom. The van der Waals surface area contributed by atoms with Gasteiger partial charge in [-0.3, -0.25) is 14.8 Å². The number of aromatic nitrogens is 2. The molecule has 1 aromatic heterocycles. The Kier molecular flexibility index (Phi) is 6.26. The van der Waals surface area contributed by atoms with E-state index < -0.39 is 6.04 Å². The zero-order chi connectivity index (χ0) is 19.4. The van der Waals surface area contributed by atoms with Crippen LogP contribution in [0.25, 0.3) is 0 Å². The Labute approximate surface area is 154 Å². The summed E-state index contributed by atoms with van der Waals surface area (Å²) in [6.07, 6.45) is 0. The van der Waals surface area contributed by atoms with Gasteiger partial charge in [0.15, 0.2) is 0 Å². The summed E-state index contributed by atoms with van der Waals surface area (Å²) in [4.78, 5) is 12.6. The third-order valence-corrected chi connectivity index (χ3v) is 4.55. The van der Waals surface area contributed by atoms with E-state index in [1.54, 1.807) is 18.9 Å². The first-order valence-electron chi connectivity index (χ1n) is 8.57. The fourth-order valence-corrected chi connectivity index (χ4v) is 2.90. The molecule has 2 atom stereocenters. The molecule has 142 valence electrons. The van der Waals surface area contributed by atoms with E-state index in [-0.39, 0.29) is 11.9 Å². The van der Waals surface area contributed by atoms with Crippen molar-refractivity contribution in [2.45, 2.75) is 39.8 Å². The maximum atomic E-state index is 12.6.